The van der Waals surface area contributed by atoms with Gasteiger partial charge in [0.25, 0.3) is 0 Å². The fourth-order valence-electron chi connectivity index (χ4n) is 1.65. The van der Waals surface area contributed by atoms with Crippen molar-refractivity contribution in [1.29, 1.82) is 0 Å². The van der Waals surface area contributed by atoms with Crippen LogP contribution >= 0.6 is 0 Å². The van der Waals surface area contributed by atoms with E-state index in [0.717, 1.165) is 13.0 Å². The van der Waals surface area contributed by atoms with Gasteiger partial charge < -0.3 is 4.65 Å². The lowest BCUT2D eigenvalue weighted by atomic mass is 9.66. The second-order valence-electron chi connectivity index (χ2n) is 2.91. The van der Waals surface area contributed by atoms with Crippen molar-refractivity contribution >= 4 is 6.92 Å². The van der Waals surface area contributed by atoms with Crippen LogP contribution in [0.15, 0.2) is 0 Å². The Kier molecular flexibility index (Phi) is 1.25. The molecular weight excluding hydrogens is 115 g/mol. The summed E-state index contributed by atoms with van der Waals surface area (Å²) in [6.07, 6.45) is 3.78. The molecule has 0 aromatic rings. The second kappa shape index (κ2) is 1.97. The summed E-state index contributed by atoms with van der Waals surface area (Å²) >= 11 is 0. The van der Waals surface area contributed by atoms with E-state index in [0.29, 0.717) is 13.0 Å². The molecule has 0 aliphatic carbocycles. The van der Waals surface area contributed by atoms with E-state index in [4.69, 9.17) is 10.5 Å². The Morgan fingerprint density at radius 2 is 2.56 bits per heavy atom. The number of rotatable bonds is 0. The normalized spacial score (nSPS) is 35.7. The molecule has 0 aromatic carbocycles. The maximum atomic E-state index is 5.61. The van der Waals surface area contributed by atoms with Gasteiger partial charge in [-0.3, -0.25) is 5.84 Å². The molecule has 2 bridgehead atoms. The van der Waals surface area contributed by atoms with Crippen LogP contribution in [-0.2, 0) is 4.65 Å². The standard InChI is InChI=1S/C5H11BN2O/c7-8-3-5-1-2-6(4-8)9-5/h5H,1-4,7H2. The smallest absolute Gasteiger partial charge is 0.309 e. The van der Waals surface area contributed by atoms with Gasteiger partial charge >= 0.3 is 6.92 Å². The highest BCUT2D eigenvalue weighted by Gasteiger charge is 2.35. The molecular formula is C5H11BN2O. The van der Waals surface area contributed by atoms with Gasteiger partial charge in [0.05, 0.1) is 6.10 Å². The zero-order valence-electron chi connectivity index (χ0n) is 5.42. The van der Waals surface area contributed by atoms with Crippen LogP contribution in [-0.4, -0.2) is 31.0 Å². The van der Waals surface area contributed by atoms with E-state index < -0.39 is 0 Å². The van der Waals surface area contributed by atoms with Crippen LogP contribution in [0.1, 0.15) is 6.42 Å². The van der Waals surface area contributed by atoms with Crippen molar-refractivity contribution < 1.29 is 4.65 Å². The zero-order chi connectivity index (χ0) is 6.27. The number of hydrogen-bond donors (Lipinski definition) is 1. The van der Waals surface area contributed by atoms with Gasteiger partial charge in [-0.1, -0.05) is 0 Å². The molecule has 0 aromatic heterocycles. The first-order chi connectivity index (χ1) is 4.34. The molecule has 9 heavy (non-hydrogen) atoms. The third-order valence-electron chi connectivity index (χ3n) is 2.07. The number of nitrogens with zero attached hydrogens (tertiary/aromatic N) is 1. The zero-order valence-corrected chi connectivity index (χ0v) is 5.42. The number of nitrogens with two attached hydrogens (primary N) is 1. The van der Waals surface area contributed by atoms with E-state index in [2.05, 4.69) is 0 Å². The molecule has 0 radical (unpaired) electrons. The SMILES string of the molecule is NN1CB2CCC(C1)O2. The molecule has 1 atom stereocenters. The van der Waals surface area contributed by atoms with Crippen molar-refractivity contribution in [2.45, 2.75) is 18.8 Å². The van der Waals surface area contributed by atoms with Crippen molar-refractivity contribution in [3.8, 4) is 0 Å². The van der Waals surface area contributed by atoms with Crippen LogP contribution < -0.4 is 5.84 Å². The Hall–Kier alpha value is -0.0551. The van der Waals surface area contributed by atoms with Gasteiger partial charge in [-0.05, 0) is 12.7 Å². The largest absolute Gasteiger partial charge is 0.430 e. The van der Waals surface area contributed by atoms with Crippen molar-refractivity contribution in [1.82, 2.24) is 5.01 Å². The molecule has 2 rings (SSSR count). The number of fused-ring (bicyclic) bond motifs is 2. The van der Waals surface area contributed by atoms with E-state index in [1.807, 2.05) is 5.01 Å². The van der Waals surface area contributed by atoms with Gasteiger partial charge in [-0.2, -0.15) is 0 Å². The minimum atomic E-state index is 0.439. The highest BCUT2D eigenvalue weighted by atomic mass is 16.5. The lowest BCUT2D eigenvalue weighted by Crippen LogP contribution is -2.48. The van der Waals surface area contributed by atoms with E-state index in [1.165, 1.54) is 12.7 Å². The third kappa shape index (κ3) is 0.978. The van der Waals surface area contributed by atoms with E-state index in [-0.39, 0.29) is 0 Å². The van der Waals surface area contributed by atoms with Crippen molar-refractivity contribution in [3.05, 3.63) is 0 Å². The van der Waals surface area contributed by atoms with E-state index in [9.17, 15) is 0 Å². The topological polar surface area (TPSA) is 38.5 Å². The highest BCUT2D eigenvalue weighted by molar-refractivity contribution is 6.53. The lowest BCUT2D eigenvalue weighted by Gasteiger charge is -2.26. The fraction of sp³-hybridized carbons (Fsp3) is 1.00. The predicted octanol–water partition coefficient (Wildman–Crippen LogP) is -0.505. The van der Waals surface area contributed by atoms with Gasteiger partial charge in [0.15, 0.2) is 0 Å². The Balaban J connectivity index is 2.03. The molecule has 2 N–H and O–H groups in total. The molecule has 4 heteroatoms. The maximum absolute atomic E-state index is 5.61. The molecule has 50 valence electrons. The number of hydrazine groups is 1. The van der Waals surface area contributed by atoms with Crippen molar-refractivity contribution in [3.63, 3.8) is 0 Å². The monoisotopic (exact) mass is 126 g/mol. The third-order valence-corrected chi connectivity index (χ3v) is 2.07. The molecule has 2 fully saturated rings. The second-order valence-corrected chi connectivity index (χ2v) is 2.91. The van der Waals surface area contributed by atoms with Crippen LogP contribution in [0, 0.1) is 0 Å². The minimum absolute atomic E-state index is 0.439. The first-order valence-electron chi connectivity index (χ1n) is 3.50. The van der Waals surface area contributed by atoms with Crippen molar-refractivity contribution in [2.75, 3.05) is 13.0 Å². The lowest BCUT2D eigenvalue weighted by molar-refractivity contribution is 0.127. The Morgan fingerprint density at radius 1 is 1.67 bits per heavy atom. The minimum Gasteiger partial charge on any atom is -0.430 e. The molecule has 2 aliphatic rings. The maximum Gasteiger partial charge on any atom is 0.309 e. The van der Waals surface area contributed by atoms with Gasteiger partial charge in [0, 0.05) is 13.0 Å². The molecule has 0 amide bonds. The molecule has 2 aliphatic heterocycles. The summed E-state index contributed by atoms with van der Waals surface area (Å²) in [6, 6.07) is 0. The quantitative estimate of drug-likeness (QED) is 0.351. The average Bonchev–Trinajstić information content (AvgIpc) is 2.11. The highest BCUT2D eigenvalue weighted by Crippen LogP contribution is 2.22. The summed E-state index contributed by atoms with van der Waals surface area (Å²) in [7, 11) is 0. The van der Waals surface area contributed by atoms with Gasteiger partial charge in [0.1, 0.15) is 0 Å². The summed E-state index contributed by atoms with van der Waals surface area (Å²) in [5, 5.41) is 1.87. The summed E-state index contributed by atoms with van der Waals surface area (Å²) in [5.74, 6) is 5.61. The summed E-state index contributed by atoms with van der Waals surface area (Å²) in [6.45, 7) is 1.37. The fourth-order valence-corrected chi connectivity index (χ4v) is 1.65. The van der Waals surface area contributed by atoms with E-state index in [1.54, 1.807) is 0 Å². The van der Waals surface area contributed by atoms with Gasteiger partial charge in [-0.25, -0.2) is 5.01 Å². The summed E-state index contributed by atoms with van der Waals surface area (Å²) in [5.41, 5.74) is 0. The Bertz CT molecular complexity index is 110. The molecule has 3 nitrogen and oxygen atoms in total. The molecule has 2 saturated heterocycles. The predicted molar refractivity (Wildman–Crippen MR) is 35.8 cm³/mol. The first kappa shape index (κ1) is 5.71. The first-order valence-corrected chi connectivity index (χ1v) is 3.50. The van der Waals surface area contributed by atoms with Crippen LogP contribution in [0.3, 0.4) is 0 Å². The number of hydrogen-bond acceptors (Lipinski definition) is 3. The Labute approximate surface area is 55.2 Å². The Morgan fingerprint density at radius 3 is 3.33 bits per heavy atom. The van der Waals surface area contributed by atoms with Crippen LogP contribution in [0.2, 0.25) is 6.32 Å². The molecule has 1 unspecified atom stereocenters. The van der Waals surface area contributed by atoms with Crippen molar-refractivity contribution in [2.24, 2.45) is 5.84 Å². The summed E-state index contributed by atoms with van der Waals surface area (Å²) in [4.78, 5) is 0. The van der Waals surface area contributed by atoms with Crippen LogP contribution in [0.5, 0.6) is 0 Å². The molecule has 0 spiro atoms. The van der Waals surface area contributed by atoms with Gasteiger partial charge in [-0.15, -0.1) is 0 Å². The van der Waals surface area contributed by atoms with Crippen LogP contribution in [0.25, 0.3) is 0 Å². The average molecular weight is 126 g/mol. The van der Waals surface area contributed by atoms with E-state index >= 15 is 0 Å². The summed E-state index contributed by atoms with van der Waals surface area (Å²) < 4.78 is 5.55. The molecule has 0 saturated carbocycles. The molecule has 2 heterocycles. The van der Waals surface area contributed by atoms with Gasteiger partial charge in [0.2, 0.25) is 0 Å². The van der Waals surface area contributed by atoms with Crippen LogP contribution in [0.4, 0.5) is 0 Å².